The Labute approximate surface area is 120 Å². The Hall–Kier alpha value is -0.210. The first-order valence-corrected chi connectivity index (χ1v) is 9.07. The van der Waals surface area contributed by atoms with Crippen LogP contribution in [-0.4, -0.2) is 55.8 Å². The number of aliphatic hydroxyl groups excluding tert-OH is 1. The van der Waals surface area contributed by atoms with Gasteiger partial charge in [-0.2, -0.15) is 17.4 Å². The fourth-order valence-corrected chi connectivity index (χ4v) is 5.06. The number of aliphatic hydroxyl groups is 1. The van der Waals surface area contributed by atoms with Crippen LogP contribution in [0.4, 0.5) is 0 Å². The summed E-state index contributed by atoms with van der Waals surface area (Å²) in [4.78, 5) is 0. The van der Waals surface area contributed by atoms with E-state index in [9.17, 15) is 13.5 Å². The predicted octanol–water partition coefficient (Wildman–Crippen LogP) is 0.235. The molecule has 2 saturated heterocycles. The zero-order valence-corrected chi connectivity index (χ0v) is 12.5. The summed E-state index contributed by atoms with van der Waals surface area (Å²) >= 11 is 0. The number of ether oxygens (including phenoxy) is 1. The highest BCUT2D eigenvalue weighted by Crippen LogP contribution is 2.39. The zero-order valence-electron chi connectivity index (χ0n) is 11.7. The molecule has 116 valence electrons. The normalized spacial score (nSPS) is 36.4. The standard InChI is InChI=1S/C13H24N2O4S/c16-9-11-3-1-2-7-15(11)20(17,18)14-12-6-8-19-13(12)10-4-5-10/h10-14,16H,1-9H2. The van der Waals surface area contributed by atoms with Crippen molar-refractivity contribution in [2.75, 3.05) is 19.8 Å². The average Bonchev–Trinajstić information content (AvgIpc) is 3.19. The fraction of sp³-hybridized carbons (Fsp3) is 1.00. The molecule has 6 nitrogen and oxygen atoms in total. The van der Waals surface area contributed by atoms with Gasteiger partial charge in [-0.3, -0.25) is 0 Å². The maximum Gasteiger partial charge on any atom is 0.280 e. The van der Waals surface area contributed by atoms with Crippen molar-refractivity contribution in [3.05, 3.63) is 0 Å². The minimum absolute atomic E-state index is 0.0437. The molecule has 2 aliphatic heterocycles. The van der Waals surface area contributed by atoms with E-state index in [2.05, 4.69) is 4.72 Å². The number of rotatable bonds is 5. The monoisotopic (exact) mass is 304 g/mol. The van der Waals surface area contributed by atoms with Crippen LogP contribution in [-0.2, 0) is 14.9 Å². The molecule has 0 aromatic rings. The van der Waals surface area contributed by atoms with E-state index in [-0.39, 0.29) is 24.8 Å². The molecule has 20 heavy (non-hydrogen) atoms. The minimum atomic E-state index is -3.52. The molecule has 3 atom stereocenters. The highest BCUT2D eigenvalue weighted by Gasteiger charge is 2.43. The number of nitrogens with zero attached hydrogens (tertiary/aromatic N) is 1. The van der Waals surface area contributed by atoms with Crippen molar-refractivity contribution in [3.63, 3.8) is 0 Å². The van der Waals surface area contributed by atoms with Crippen molar-refractivity contribution in [3.8, 4) is 0 Å². The molecule has 3 aliphatic rings. The van der Waals surface area contributed by atoms with E-state index in [0.717, 1.165) is 38.5 Å². The number of nitrogens with one attached hydrogen (secondary N) is 1. The van der Waals surface area contributed by atoms with Crippen LogP contribution in [0.2, 0.25) is 0 Å². The first-order valence-electron chi connectivity index (χ1n) is 7.63. The lowest BCUT2D eigenvalue weighted by atomic mass is 10.1. The summed E-state index contributed by atoms with van der Waals surface area (Å²) in [6.45, 7) is 1.04. The van der Waals surface area contributed by atoms with Crippen LogP contribution >= 0.6 is 0 Å². The maximum atomic E-state index is 12.5. The molecule has 3 unspecified atom stereocenters. The topological polar surface area (TPSA) is 78.9 Å². The quantitative estimate of drug-likeness (QED) is 0.762. The van der Waals surface area contributed by atoms with Gasteiger partial charge < -0.3 is 9.84 Å². The van der Waals surface area contributed by atoms with Gasteiger partial charge in [0.1, 0.15) is 0 Å². The molecule has 7 heteroatoms. The summed E-state index contributed by atoms with van der Waals surface area (Å²) in [5.41, 5.74) is 0. The largest absolute Gasteiger partial charge is 0.395 e. The minimum Gasteiger partial charge on any atom is -0.395 e. The van der Waals surface area contributed by atoms with Crippen LogP contribution in [0.25, 0.3) is 0 Å². The Bertz CT molecular complexity index is 438. The van der Waals surface area contributed by atoms with Gasteiger partial charge >= 0.3 is 0 Å². The molecule has 2 heterocycles. The first kappa shape index (κ1) is 14.7. The van der Waals surface area contributed by atoms with Gasteiger partial charge in [-0.05, 0) is 38.0 Å². The highest BCUT2D eigenvalue weighted by atomic mass is 32.2. The molecule has 1 saturated carbocycles. The summed E-state index contributed by atoms with van der Waals surface area (Å²) in [6, 6.07) is -0.378. The second-order valence-electron chi connectivity index (χ2n) is 6.13. The average molecular weight is 304 g/mol. The summed E-state index contributed by atoms with van der Waals surface area (Å²) < 4.78 is 35.0. The van der Waals surface area contributed by atoms with Crippen molar-refractivity contribution >= 4 is 10.2 Å². The van der Waals surface area contributed by atoms with E-state index in [1.165, 1.54) is 4.31 Å². The molecule has 0 spiro atoms. The third-order valence-electron chi connectivity index (χ3n) is 4.62. The molecule has 0 aromatic carbocycles. The van der Waals surface area contributed by atoms with E-state index in [1.54, 1.807) is 0 Å². The van der Waals surface area contributed by atoms with Crippen molar-refractivity contribution in [2.24, 2.45) is 5.92 Å². The van der Waals surface area contributed by atoms with Crippen molar-refractivity contribution < 1.29 is 18.3 Å². The van der Waals surface area contributed by atoms with Gasteiger partial charge in [-0.1, -0.05) is 6.42 Å². The van der Waals surface area contributed by atoms with Crippen LogP contribution in [0.3, 0.4) is 0 Å². The van der Waals surface area contributed by atoms with Gasteiger partial charge in [-0.15, -0.1) is 0 Å². The predicted molar refractivity (Wildman–Crippen MR) is 74.4 cm³/mol. The second kappa shape index (κ2) is 5.88. The zero-order chi connectivity index (χ0) is 14.2. The molecular weight excluding hydrogens is 280 g/mol. The lowest BCUT2D eigenvalue weighted by Crippen LogP contribution is -2.54. The van der Waals surface area contributed by atoms with Crippen LogP contribution in [0, 0.1) is 5.92 Å². The summed E-state index contributed by atoms with van der Waals surface area (Å²) in [5.74, 6) is 0.528. The van der Waals surface area contributed by atoms with Gasteiger partial charge in [0.2, 0.25) is 0 Å². The van der Waals surface area contributed by atoms with Crippen LogP contribution in [0.5, 0.6) is 0 Å². The number of hydrogen-bond acceptors (Lipinski definition) is 4. The van der Waals surface area contributed by atoms with E-state index >= 15 is 0 Å². The SMILES string of the molecule is O=S(=O)(NC1CCOC1C1CC1)N1CCCCC1CO. The smallest absolute Gasteiger partial charge is 0.280 e. The molecule has 3 rings (SSSR count). The Kier molecular flexibility index (Phi) is 4.33. The Morgan fingerprint density at radius 3 is 2.70 bits per heavy atom. The molecule has 1 aliphatic carbocycles. The van der Waals surface area contributed by atoms with Gasteiger partial charge in [0, 0.05) is 19.2 Å². The van der Waals surface area contributed by atoms with E-state index in [4.69, 9.17) is 4.74 Å². The third-order valence-corrected chi connectivity index (χ3v) is 6.31. The Balaban J connectivity index is 1.67. The summed E-state index contributed by atoms with van der Waals surface area (Å²) in [7, 11) is -3.52. The van der Waals surface area contributed by atoms with Gasteiger partial charge in [-0.25, -0.2) is 0 Å². The summed E-state index contributed by atoms with van der Waals surface area (Å²) in [5, 5.41) is 9.38. The molecule has 0 radical (unpaired) electrons. The lowest BCUT2D eigenvalue weighted by molar-refractivity contribution is 0.0839. The van der Waals surface area contributed by atoms with Gasteiger partial charge in [0.25, 0.3) is 10.2 Å². The van der Waals surface area contributed by atoms with E-state index in [0.29, 0.717) is 19.1 Å². The molecule has 3 fully saturated rings. The third kappa shape index (κ3) is 3.01. The Morgan fingerprint density at radius 2 is 2.00 bits per heavy atom. The number of hydrogen-bond donors (Lipinski definition) is 2. The second-order valence-corrected chi connectivity index (χ2v) is 7.79. The van der Waals surface area contributed by atoms with Crippen molar-refractivity contribution in [1.29, 1.82) is 0 Å². The molecule has 0 amide bonds. The molecule has 0 bridgehead atoms. The van der Waals surface area contributed by atoms with Crippen molar-refractivity contribution in [1.82, 2.24) is 9.03 Å². The molecule has 2 N–H and O–H groups in total. The van der Waals surface area contributed by atoms with E-state index in [1.807, 2.05) is 0 Å². The van der Waals surface area contributed by atoms with Gasteiger partial charge in [0.15, 0.2) is 0 Å². The van der Waals surface area contributed by atoms with E-state index < -0.39 is 10.2 Å². The summed E-state index contributed by atoms with van der Waals surface area (Å²) in [6.07, 6.45) is 5.67. The first-order chi connectivity index (χ1) is 9.62. The fourth-order valence-electron chi connectivity index (χ4n) is 3.36. The van der Waals surface area contributed by atoms with Crippen LogP contribution < -0.4 is 4.72 Å². The maximum absolute atomic E-state index is 12.5. The molecule has 0 aromatic heterocycles. The lowest BCUT2D eigenvalue weighted by Gasteiger charge is -2.34. The number of piperidine rings is 1. The highest BCUT2D eigenvalue weighted by molar-refractivity contribution is 7.87. The van der Waals surface area contributed by atoms with Crippen LogP contribution in [0.15, 0.2) is 0 Å². The van der Waals surface area contributed by atoms with Gasteiger partial charge in [0.05, 0.1) is 18.8 Å². The Morgan fingerprint density at radius 1 is 1.20 bits per heavy atom. The molecular formula is C13H24N2O4S. The van der Waals surface area contributed by atoms with Crippen LogP contribution in [0.1, 0.15) is 38.5 Å². The van der Waals surface area contributed by atoms with Crippen molar-refractivity contribution in [2.45, 2.75) is 56.7 Å².